The summed E-state index contributed by atoms with van der Waals surface area (Å²) in [7, 11) is 0. The van der Waals surface area contributed by atoms with Crippen LogP contribution in [0.15, 0.2) is 52.9 Å². The number of aromatic nitrogens is 1. The highest BCUT2D eigenvalue weighted by molar-refractivity contribution is 5.92. The van der Waals surface area contributed by atoms with Crippen molar-refractivity contribution in [1.82, 2.24) is 4.98 Å². The predicted molar refractivity (Wildman–Crippen MR) is 76.3 cm³/mol. The molecule has 0 bridgehead atoms. The summed E-state index contributed by atoms with van der Waals surface area (Å²) in [6, 6.07) is 15.1. The van der Waals surface area contributed by atoms with Crippen molar-refractivity contribution in [3.8, 4) is 0 Å². The first kappa shape index (κ1) is 12.2. The Morgan fingerprint density at radius 2 is 1.90 bits per heavy atom. The van der Waals surface area contributed by atoms with Gasteiger partial charge in [-0.3, -0.25) is 4.79 Å². The van der Waals surface area contributed by atoms with Gasteiger partial charge >= 0.3 is 0 Å². The first-order valence-electron chi connectivity index (χ1n) is 6.20. The van der Waals surface area contributed by atoms with Crippen LogP contribution in [-0.4, -0.2) is 10.9 Å². The van der Waals surface area contributed by atoms with Gasteiger partial charge in [-0.25, -0.2) is 0 Å². The maximum absolute atomic E-state index is 11.0. The third kappa shape index (κ3) is 2.47. The normalized spacial score (nSPS) is 10.6. The molecule has 0 atom stereocenters. The summed E-state index contributed by atoms with van der Waals surface area (Å²) < 4.78 is 5.56. The molecule has 3 aromatic rings. The van der Waals surface area contributed by atoms with Crippen LogP contribution in [0.1, 0.15) is 15.9 Å². The molecule has 1 heterocycles. The highest BCUT2D eigenvalue weighted by atomic mass is 16.4. The summed E-state index contributed by atoms with van der Waals surface area (Å²) in [4.78, 5) is 15.3. The van der Waals surface area contributed by atoms with Crippen LogP contribution in [0.3, 0.4) is 0 Å². The van der Waals surface area contributed by atoms with E-state index in [0.29, 0.717) is 18.1 Å². The second kappa shape index (κ2) is 5.05. The molecule has 0 radical (unpaired) electrons. The molecular formula is C15H13N3O2. The number of primary amides is 1. The number of oxazole rings is 1. The molecule has 0 saturated carbocycles. The van der Waals surface area contributed by atoms with E-state index in [0.717, 1.165) is 16.7 Å². The van der Waals surface area contributed by atoms with Gasteiger partial charge in [-0.2, -0.15) is 4.98 Å². The minimum atomic E-state index is -0.427. The van der Waals surface area contributed by atoms with E-state index in [-0.39, 0.29) is 0 Å². The van der Waals surface area contributed by atoms with E-state index >= 15 is 0 Å². The minimum Gasteiger partial charge on any atom is -0.424 e. The maximum Gasteiger partial charge on any atom is 0.295 e. The summed E-state index contributed by atoms with van der Waals surface area (Å²) in [5.74, 6) is -0.427. The molecule has 0 spiro atoms. The fourth-order valence-electron chi connectivity index (χ4n) is 1.91. The second-order valence-corrected chi connectivity index (χ2v) is 4.40. The monoisotopic (exact) mass is 267 g/mol. The summed E-state index contributed by atoms with van der Waals surface area (Å²) in [6.45, 7) is 0.561. The van der Waals surface area contributed by atoms with Crippen molar-refractivity contribution in [2.75, 3.05) is 5.32 Å². The molecule has 5 heteroatoms. The van der Waals surface area contributed by atoms with Crippen LogP contribution in [0.5, 0.6) is 0 Å². The minimum absolute atomic E-state index is 0.427. The number of rotatable bonds is 4. The zero-order chi connectivity index (χ0) is 13.9. The molecule has 0 aliphatic heterocycles. The molecule has 1 amide bonds. The molecular weight excluding hydrogens is 254 g/mol. The van der Waals surface area contributed by atoms with Crippen molar-refractivity contribution in [3.63, 3.8) is 0 Å². The van der Waals surface area contributed by atoms with E-state index in [1.807, 2.05) is 36.4 Å². The molecule has 0 aliphatic rings. The number of para-hydroxylation sites is 2. The molecule has 3 N–H and O–H groups in total. The number of amides is 1. The van der Waals surface area contributed by atoms with Crippen LogP contribution in [0, 0.1) is 0 Å². The van der Waals surface area contributed by atoms with Crippen LogP contribution in [-0.2, 0) is 6.54 Å². The van der Waals surface area contributed by atoms with Gasteiger partial charge in [-0.15, -0.1) is 0 Å². The molecule has 3 rings (SSSR count). The lowest BCUT2D eigenvalue weighted by Crippen LogP contribution is -2.10. The number of anilines is 1. The van der Waals surface area contributed by atoms with E-state index in [2.05, 4.69) is 10.3 Å². The Hall–Kier alpha value is -2.82. The van der Waals surface area contributed by atoms with Crippen LogP contribution < -0.4 is 11.1 Å². The standard InChI is InChI=1S/C15H13N3O2/c16-14(19)11-7-5-10(6-8-11)9-17-15-18-12-3-1-2-4-13(12)20-15/h1-8H,9H2,(H2,16,19)(H,17,18). The van der Waals surface area contributed by atoms with Crippen molar-refractivity contribution in [3.05, 3.63) is 59.7 Å². The van der Waals surface area contributed by atoms with Gasteiger partial charge in [0, 0.05) is 12.1 Å². The Bertz CT molecular complexity index is 714. The Morgan fingerprint density at radius 1 is 1.15 bits per heavy atom. The Kier molecular flexibility index (Phi) is 3.09. The summed E-state index contributed by atoms with van der Waals surface area (Å²) >= 11 is 0. The van der Waals surface area contributed by atoms with Crippen LogP contribution in [0.4, 0.5) is 6.01 Å². The summed E-state index contributed by atoms with van der Waals surface area (Å²) in [6.07, 6.45) is 0. The molecule has 5 nitrogen and oxygen atoms in total. The average Bonchev–Trinajstić information content (AvgIpc) is 2.88. The Labute approximate surface area is 115 Å². The number of fused-ring (bicyclic) bond motifs is 1. The van der Waals surface area contributed by atoms with Gasteiger partial charge in [0.25, 0.3) is 6.01 Å². The van der Waals surface area contributed by atoms with Gasteiger partial charge in [0.1, 0.15) is 5.52 Å². The molecule has 20 heavy (non-hydrogen) atoms. The quantitative estimate of drug-likeness (QED) is 0.761. The van der Waals surface area contributed by atoms with Crippen LogP contribution >= 0.6 is 0 Å². The van der Waals surface area contributed by atoms with Gasteiger partial charge in [0.2, 0.25) is 5.91 Å². The van der Waals surface area contributed by atoms with E-state index in [1.165, 1.54) is 0 Å². The number of carbonyl (C=O) groups is 1. The van der Waals surface area contributed by atoms with Gasteiger partial charge in [-0.1, -0.05) is 24.3 Å². The molecule has 0 aliphatic carbocycles. The first-order valence-corrected chi connectivity index (χ1v) is 6.20. The van der Waals surface area contributed by atoms with E-state index in [4.69, 9.17) is 10.2 Å². The average molecular weight is 267 g/mol. The van der Waals surface area contributed by atoms with Crippen LogP contribution in [0.25, 0.3) is 11.1 Å². The third-order valence-corrected chi connectivity index (χ3v) is 2.98. The zero-order valence-corrected chi connectivity index (χ0v) is 10.7. The highest BCUT2D eigenvalue weighted by Gasteiger charge is 2.04. The SMILES string of the molecule is NC(=O)c1ccc(CNc2nc3ccccc3o2)cc1. The second-order valence-electron chi connectivity index (χ2n) is 4.40. The predicted octanol–water partition coefficient (Wildman–Crippen LogP) is 2.54. The van der Waals surface area contributed by atoms with E-state index < -0.39 is 5.91 Å². The largest absolute Gasteiger partial charge is 0.424 e. The fourth-order valence-corrected chi connectivity index (χ4v) is 1.91. The van der Waals surface area contributed by atoms with Crippen molar-refractivity contribution in [2.24, 2.45) is 5.73 Å². The van der Waals surface area contributed by atoms with Crippen molar-refractivity contribution >= 4 is 23.0 Å². The molecule has 1 aromatic heterocycles. The number of carbonyl (C=O) groups excluding carboxylic acids is 1. The molecule has 0 saturated heterocycles. The Morgan fingerprint density at radius 3 is 2.60 bits per heavy atom. The number of nitrogens with one attached hydrogen (secondary N) is 1. The summed E-state index contributed by atoms with van der Waals surface area (Å²) in [5.41, 5.74) is 8.27. The zero-order valence-electron chi connectivity index (χ0n) is 10.7. The molecule has 0 fully saturated rings. The highest BCUT2D eigenvalue weighted by Crippen LogP contribution is 2.18. The number of nitrogens with two attached hydrogens (primary N) is 1. The lowest BCUT2D eigenvalue weighted by Gasteiger charge is -2.02. The van der Waals surface area contributed by atoms with Gasteiger partial charge in [0.15, 0.2) is 5.58 Å². The summed E-state index contributed by atoms with van der Waals surface area (Å²) in [5, 5.41) is 3.11. The van der Waals surface area contributed by atoms with Gasteiger partial charge < -0.3 is 15.5 Å². The first-order chi connectivity index (χ1) is 9.72. The number of nitrogens with zero attached hydrogens (tertiary/aromatic N) is 1. The number of benzene rings is 2. The van der Waals surface area contributed by atoms with Crippen molar-refractivity contribution in [2.45, 2.75) is 6.54 Å². The van der Waals surface area contributed by atoms with Crippen molar-refractivity contribution in [1.29, 1.82) is 0 Å². The third-order valence-electron chi connectivity index (χ3n) is 2.98. The molecule has 100 valence electrons. The molecule has 2 aromatic carbocycles. The van der Waals surface area contributed by atoms with Gasteiger partial charge in [0.05, 0.1) is 0 Å². The van der Waals surface area contributed by atoms with Crippen LogP contribution in [0.2, 0.25) is 0 Å². The number of hydrogen-bond acceptors (Lipinski definition) is 4. The fraction of sp³-hybridized carbons (Fsp3) is 0.0667. The van der Waals surface area contributed by atoms with E-state index in [9.17, 15) is 4.79 Å². The lowest BCUT2D eigenvalue weighted by molar-refractivity contribution is 0.100. The maximum atomic E-state index is 11.0. The number of hydrogen-bond donors (Lipinski definition) is 2. The lowest BCUT2D eigenvalue weighted by atomic mass is 10.1. The Balaban J connectivity index is 1.71. The smallest absolute Gasteiger partial charge is 0.295 e. The van der Waals surface area contributed by atoms with E-state index in [1.54, 1.807) is 12.1 Å². The van der Waals surface area contributed by atoms with Gasteiger partial charge in [-0.05, 0) is 29.8 Å². The molecule has 0 unspecified atom stereocenters. The topological polar surface area (TPSA) is 81.2 Å². The van der Waals surface area contributed by atoms with Crippen molar-refractivity contribution < 1.29 is 9.21 Å².